The molecule has 0 atom stereocenters. The molecular formula is C21H24N4O2. The molecule has 27 heavy (non-hydrogen) atoms. The summed E-state index contributed by atoms with van der Waals surface area (Å²) in [7, 11) is 1.66. The Hall–Kier alpha value is -3.15. The quantitative estimate of drug-likeness (QED) is 0.615. The molecule has 1 amide bonds. The number of imidazole rings is 1. The van der Waals surface area contributed by atoms with Crippen LogP contribution in [0.25, 0.3) is 0 Å². The summed E-state index contributed by atoms with van der Waals surface area (Å²) in [6, 6.07) is 11.8. The van der Waals surface area contributed by atoms with E-state index in [2.05, 4.69) is 14.5 Å². The average molecular weight is 364 g/mol. The SMILES string of the molecule is CCC(=O)N(Cc1ccncc1)Cc1nccn1Cc1ccc(OC)cc1. The van der Waals surface area contributed by atoms with Gasteiger partial charge in [-0.3, -0.25) is 9.78 Å². The van der Waals surface area contributed by atoms with Gasteiger partial charge in [-0.15, -0.1) is 0 Å². The number of ether oxygens (including phenoxy) is 1. The van der Waals surface area contributed by atoms with E-state index < -0.39 is 0 Å². The zero-order valence-corrected chi connectivity index (χ0v) is 15.7. The first-order valence-electron chi connectivity index (χ1n) is 8.99. The molecule has 0 bridgehead atoms. The fourth-order valence-corrected chi connectivity index (χ4v) is 2.90. The number of carbonyl (C=O) groups excluding carboxylic acids is 1. The molecule has 0 radical (unpaired) electrons. The highest BCUT2D eigenvalue weighted by Gasteiger charge is 2.16. The number of carbonyl (C=O) groups is 1. The van der Waals surface area contributed by atoms with E-state index in [1.54, 1.807) is 25.7 Å². The van der Waals surface area contributed by atoms with E-state index in [1.807, 2.05) is 54.4 Å². The van der Waals surface area contributed by atoms with Crippen molar-refractivity contribution < 1.29 is 9.53 Å². The van der Waals surface area contributed by atoms with Crippen LogP contribution in [0, 0.1) is 0 Å². The second kappa shape index (κ2) is 8.98. The Morgan fingerprint density at radius 1 is 1.04 bits per heavy atom. The molecule has 3 rings (SSSR count). The lowest BCUT2D eigenvalue weighted by atomic mass is 10.2. The van der Waals surface area contributed by atoms with Gasteiger partial charge in [-0.1, -0.05) is 19.1 Å². The first kappa shape index (κ1) is 18.6. The van der Waals surface area contributed by atoms with Crippen LogP contribution in [0.5, 0.6) is 5.75 Å². The number of rotatable bonds is 8. The Labute approximate surface area is 159 Å². The lowest BCUT2D eigenvalue weighted by Gasteiger charge is -2.22. The first-order valence-corrected chi connectivity index (χ1v) is 8.99. The highest BCUT2D eigenvalue weighted by atomic mass is 16.5. The molecule has 0 N–H and O–H groups in total. The van der Waals surface area contributed by atoms with E-state index in [0.717, 1.165) is 22.7 Å². The molecule has 0 spiro atoms. The lowest BCUT2D eigenvalue weighted by molar-refractivity contribution is -0.132. The molecule has 3 aromatic rings. The van der Waals surface area contributed by atoms with Gasteiger partial charge < -0.3 is 14.2 Å². The van der Waals surface area contributed by atoms with E-state index in [4.69, 9.17) is 4.74 Å². The van der Waals surface area contributed by atoms with Crippen molar-refractivity contribution in [1.82, 2.24) is 19.4 Å². The lowest BCUT2D eigenvalue weighted by Crippen LogP contribution is -2.30. The fourth-order valence-electron chi connectivity index (χ4n) is 2.90. The van der Waals surface area contributed by atoms with Crippen molar-refractivity contribution >= 4 is 5.91 Å². The number of nitrogens with zero attached hydrogens (tertiary/aromatic N) is 4. The number of pyridine rings is 1. The van der Waals surface area contributed by atoms with Gasteiger partial charge in [0.05, 0.1) is 13.7 Å². The second-order valence-electron chi connectivity index (χ2n) is 6.28. The zero-order chi connectivity index (χ0) is 19.1. The van der Waals surface area contributed by atoms with E-state index in [0.29, 0.717) is 26.1 Å². The molecule has 2 aromatic heterocycles. The van der Waals surface area contributed by atoms with Gasteiger partial charge in [0, 0.05) is 44.3 Å². The molecule has 2 heterocycles. The van der Waals surface area contributed by atoms with Crippen molar-refractivity contribution in [3.63, 3.8) is 0 Å². The standard InChI is InChI=1S/C21H24N4O2/c1-3-21(26)25(15-18-8-10-22-11-9-18)16-20-23-12-13-24(20)14-17-4-6-19(27-2)7-5-17/h4-13H,3,14-16H2,1-2H3. The number of aromatic nitrogens is 3. The highest BCUT2D eigenvalue weighted by Crippen LogP contribution is 2.15. The van der Waals surface area contributed by atoms with Crippen LogP contribution in [0.4, 0.5) is 0 Å². The molecule has 0 fully saturated rings. The van der Waals surface area contributed by atoms with Gasteiger partial charge in [-0.2, -0.15) is 0 Å². The number of hydrogen-bond donors (Lipinski definition) is 0. The van der Waals surface area contributed by atoms with Gasteiger partial charge in [0.25, 0.3) is 0 Å². The average Bonchev–Trinajstić information content (AvgIpc) is 3.15. The molecule has 1 aromatic carbocycles. The largest absolute Gasteiger partial charge is 0.497 e. The van der Waals surface area contributed by atoms with Crippen molar-refractivity contribution in [3.05, 3.63) is 78.1 Å². The van der Waals surface area contributed by atoms with Crippen LogP contribution >= 0.6 is 0 Å². The van der Waals surface area contributed by atoms with Crippen LogP contribution in [0.3, 0.4) is 0 Å². The Kier molecular flexibility index (Phi) is 6.20. The number of amides is 1. The summed E-state index contributed by atoms with van der Waals surface area (Å²) in [4.78, 5) is 22.8. The first-order chi connectivity index (χ1) is 13.2. The number of methoxy groups -OCH3 is 1. The van der Waals surface area contributed by atoms with Gasteiger partial charge >= 0.3 is 0 Å². The summed E-state index contributed by atoms with van der Waals surface area (Å²) >= 11 is 0. The van der Waals surface area contributed by atoms with Crippen LogP contribution in [0.15, 0.2) is 61.2 Å². The Morgan fingerprint density at radius 2 is 1.78 bits per heavy atom. The summed E-state index contributed by atoms with van der Waals surface area (Å²) < 4.78 is 7.28. The van der Waals surface area contributed by atoms with Crippen molar-refractivity contribution in [2.45, 2.75) is 33.0 Å². The molecule has 0 saturated heterocycles. The summed E-state index contributed by atoms with van der Waals surface area (Å²) in [6.45, 7) is 3.59. The molecule has 6 nitrogen and oxygen atoms in total. The van der Waals surface area contributed by atoms with E-state index in [9.17, 15) is 4.79 Å². The van der Waals surface area contributed by atoms with Crippen molar-refractivity contribution in [2.75, 3.05) is 7.11 Å². The molecule has 0 unspecified atom stereocenters. The van der Waals surface area contributed by atoms with Gasteiger partial charge in [0.2, 0.25) is 5.91 Å². The van der Waals surface area contributed by atoms with E-state index in [1.165, 1.54) is 0 Å². The van der Waals surface area contributed by atoms with Crippen LogP contribution in [0.1, 0.15) is 30.3 Å². The summed E-state index contributed by atoms with van der Waals surface area (Å²) in [5.41, 5.74) is 2.21. The summed E-state index contributed by atoms with van der Waals surface area (Å²) in [5.74, 6) is 1.80. The second-order valence-corrected chi connectivity index (χ2v) is 6.28. The van der Waals surface area contributed by atoms with Crippen LogP contribution < -0.4 is 4.74 Å². The van der Waals surface area contributed by atoms with Crippen LogP contribution in [0.2, 0.25) is 0 Å². The van der Waals surface area contributed by atoms with E-state index in [-0.39, 0.29) is 5.91 Å². The molecular weight excluding hydrogens is 340 g/mol. The minimum Gasteiger partial charge on any atom is -0.497 e. The molecule has 140 valence electrons. The highest BCUT2D eigenvalue weighted by molar-refractivity contribution is 5.75. The maximum Gasteiger partial charge on any atom is 0.222 e. The smallest absolute Gasteiger partial charge is 0.222 e. The third kappa shape index (κ3) is 4.94. The topological polar surface area (TPSA) is 60.2 Å². The van der Waals surface area contributed by atoms with Crippen LogP contribution in [-0.4, -0.2) is 32.5 Å². The maximum atomic E-state index is 12.4. The summed E-state index contributed by atoms with van der Waals surface area (Å²) in [5, 5.41) is 0. The van der Waals surface area contributed by atoms with Crippen molar-refractivity contribution in [2.24, 2.45) is 0 Å². The van der Waals surface area contributed by atoms with Crippen LogP contribution in [-0.2, 0) is 24.4 Å². The predicted molar refractivity (Wildman–Crippen MR) is 103 cm³/mol. The van der Waals surface area contributed by atoms with E-state index >= 15 is 0 Å². The Morgan fingerprint density at radius 3 is 2.44 bits per heavy atom. The van der Waals surface area contributed by atoms with Gasteiger partial charge in [0.15, 0.2) is 0 Å². The minimum absolute atomic E-state index is 0.103. The molecule has 0 aliphatic rings. The number of benzene rings is 1. The van der Waals surface area contributed by atoms with Gasteiger partial charge in [-0.05, 0) is 35.4 Å². The van der Waals surface area contributed by atoms with Crippen molar-refractivity contribution in [1.29, 1.82) is 0 Å². The third-order valence-corrected chi connectivity index (χ3v) is 4.42. The summed E-state index contributed by atoms with van der Waals surface area (Å²) in [6.07, 6.45) is 7.67. The minimum atomic E-state index is 0.103. The predicted octanol–water partition coefficient (Wildman–Crippen LogP) is 3.27. The Bertz CT molecular complexity index is 859. The van der Waals surface area contributed by atoms with Gasteiger partial charge in [-0.25, -0.2) is 4.98 Å². The molecule has 6 heteroatoms. The molecule has 0 saturated carbocycles. The molecule has 0 aliphatic carbocycles. The Balaban J connectivity index is 1.74. The normalized spacial score (nSPS) is 10.6. The maximum absolute atomic E-state index is 12.4. The monoisotopic (exact) mass is 364 g/mol. The molecule has 0 aliphatic heterocycles. The third-order valence-electron chi connectivity index (χ3n) is 4.42. The van der Waals surface area contributed by atoms with Crippen molar-refractivity contribution in [3.8, 4) is 5.75 Å². The van der Waals surface area contributed by atoms with Gasteiger partial charge in [0.1, 0.15) is 11.6 Å². The fraction of sp³-hybridized carbons (Fsp3) is 0.286. The zero-order valence-electron chi connectivity index (χ0n) is 15.7. The number of hydrogen-bond acceptors (Lipinski definition) is 4.